The molecule has 0 atom stereocenters. The fraction of sp³-hybridized carbons (Fsp3) is 0.500. The van der Waals surface area contributed by atoms with Gasteiger partial charge in [0, 0.05) is 38.7 Å². The zero-order chi connectivity index (χ0) is 15.2. The van der Waals surface area contributed by atoms with Gasteiger partial charge in [0.1, 0.15) is 0 Å². The monoisotopic (exact) mass is 295 g/mol. The number of nitrogens with zero attached hydrogens (tertiary/aromatic N) is 2. The van der Waals surface area contributed by atoms with Crippen LogP contribution in [0.25, 0.3) is 0 Å². The van der Waals surface area contributed by atoms with Crippen molar-refractivity contribution < 1.29 is 14.1 Å². The lowest BCUT2D eigenvalue weighted by Gasteiger charge is -2.15. The molecule has 0 bridgehead atoms. The first-order valence-electron chi connectivity index (χ1n) is 6.99. The minimum absolute atomic E-state index is 0.134. The molecule has 0 aromatic heterocycles. The van der Waals surface area contributed by atoms with Crippen molar-refractivity contribution in [2.75, 3.05) is 19.6 Å². The second-order valence-corrected chi connectivity index (χ2v) is 5.06. The highest BCUT2D eigenvalue weighted by atomic mass is 19.1. The van der Waals surface area contributed by atoms with Crippen molar-refractivity contribution in [3.8, 4) is 0 Å². The van der Waals surface area contributed by atoms with Crippen LogP contribution < -0.4 is 5.32 Å². The summed E-state index contributed by atoms with van der Waals surface area (Å²) in [6, 6.07) is 3.81. The first kappa shape index (κ1) is 15.4. The standard InChI is InChI=1S/C14H18FN3O3/c15-12-9-11(3-4-13(12)18(20)21)10-16-6-5-14(19)17-7-1-2-8-17/h3-4,9,16H,1-2,5-8,10H2. The minimum Gasteiger partial charge on any atom is -0.343 e. The Morgan fingerprint density at radius 2 is 2.10 bits per heavy atom. The Balaban J connectivity index is 1.74. The summed E-state index contributed by atoms with van der Waals surface area (Å²) in [5, 5.41) is 13.5. The van der Waals surface area contributed by atoms with Gasteiger partial charge in [0.05, 0.1) is 4.92 Å². The number of carbonyl (C=O) groups is 1. The van der Waals surface area contributed by atoms with Gasteiger partial charge in [-0.2, -0.15) is 4.39 Å². The number of likely N-dealkylation sites (tertiary alicyclic amines) is 1. The molecule has 0 spiro atoms. The van der Waals surface area contributed by atoms with E-state index in [1.807, 2.05) is 4.90 Å². The summed E-state index contributed by atoms with van der Waals surface area (Å²) in [5.41, 5.74) is 0.0923. The van der Waals surface area contributed by atoms with E-state index >= 15 is 0 Å². The second-order valence-electron chi connectivity index (χ2n) is 5.06. The highest BCUT2D eigenvalue weighted by molar-refractivity contribution is 5.76. The molecule has 0 unspecified atom stereocenters. The van der Waals surface area contributed by atoms with Crippen LogP contribution in [0.15, 0.2) is 18.2 Å². The number of halogens is 1. The van der Waals surface area contributed by atoms with Gasteiger partial charge in [0.15, 0.2) is 0 Å². The average Bonchev–Trinajstić information content (AvgIpc) is 2.97. The van der Waals surface area contributed by atoms with Crippen LogP contribution in [0.5, 0.6) is 0 Å². The molecule has 1 N–H and O–H groups in total. The number of hydrogen-bond acceptors (Lipinski definition) is 4. The zero-order valence-corrected chi connectivity index (χ0v) is 11.7. The van der Waals surface area contributed by atoms with Gasteiger partial charge in [-0.3, -0.25) is 14.9 Å². The van der Waals surface area contributed by atoms with Crippen molar-refractivity contribution in [1.29, 1.82) is 0 Å². The number of nitro groups is 1. The lowest BCUT2D eigenvalue weighted by Crippen LogP contribution is -2.30. The van der Waals surface area contributed by atoms with E-state index < -0.39 is 16.4 Å². The Bertz CT molecular complexity index is 530. The summed E-state index contributed by atoms with van der Waals surface area (Å²) in [6.45, 7) is 2.56. The lowest BCUT2D eigenvalue weighted by molar-refractivity contribution is -0.387. The lowest BCUT2D eigenvalue weighted by atomic mass is 10.2. The number of rotatable bonds is 6. The summed E-state index contributed by atoms with van der Waals surface area (Å²) in [7, 11) is 0. The van der Waals surface area contributed by atoms with E-state index in [2.05, 4.69) is 5.32 Å². The molecule has 0 aliphatic carbocycles. The van der Waals surface area contributed by atoms with Crippen LogP contribution in [0.4, 0.5) is 10.1 Å². The van der Waals surface area contributed by atoms with Crippen molar-refractivity contribution in [1.82, 2.24) is 10.2 Å². The molecule has 1 fully saturated rings. The first-order chi connectivity index (χ1) is 10.1. The molecule has 1 aromatic carbocycles. The van der Waals surface area contributed by atoms with Crippen LogP contribution in [-0.4, -0.2) is 35.4 Å². The third-order valence-electron chi connectivity index (χ3n) is 3.51. The van der Waals surface area contributed by atoms with Crippen molar-refractivity contribution in [2.45, 2.75) is 25.8 Å². The van der Waals surface area contributed by atoms with Crippen molar-refractivity contribution in [2.24, 2.45) is 0 Å². The SMILES string of the molecule is O=C(CCNCc1ccc([N+](=O)[O-])c(F)c1)N1CCCC1. The predicted molar refractivity (Wildman–Crippen MR) is 75.2 cm³/mol. The fourth-order valence-electron chi connectivity index (χ4n) is 2.36. The largest absolute Gasteiger partial charge is 0.343 e. The van der Waals surface area contributed by atoms with E-state index in [-0.39, 0.29) is 5.91 Å². The predicted octanol–water partition coefficient (Wildman–Crippen LogP) is 1.84. The number of carbonyl (C=O) groups excluding carboxylic acids is 1. The maximum atomic E-state index is 13.4. The molecule has 2 rings (SSSR count). The molecular formula is C14H18FN3O3. The smallest absolute Gasteiger partial charge is 0.304 e. The summed E-state index contributed by atoms with van der Waals surface area (Å²) in [6.07, 6.45) is 2.55. The van der Waals surface area contributed by atoms with Gasteiger partial charge < -0.3 is 10.2 Å². The Kier molecular flexibility index (Phi) is 5.21. The Labute approximate surface area is 122 Å². The maximum absolute atomic E-state index is 13.4. The number of benzene rings is 1. The minimum atomic E-state index is -0.840. The van der Waals surface area contributed by atoms with Gasteiger partial charge in [-0.05, 0) is 24.5 Å². The Morgan fingerprint density at radius 3 is 2.71 bits per heavy atom. The van der Waals surface area contributed by atoms with Crippen LogP contribution in [0.3, 0.4) is 0 Å². The normalized spacial score (nSPS) is 14.4. The van der Waals surface area contributed by atoms with E-state index in [1.54, 1.807) is 0 Å². The third kappa shape index (κ3) is 4.22. The van der Waals surface area contributed by atoms with Crippen LogP contribution in [0.1, 0.15) is 24.8 Å². The van der Waals surface area contributed by atoms with Gasteiger partial charge in [0.2, 0.25) is 11.7 Å². The van der Waals surface area contributed by atoms with E-state index in [4.69, 9.17) is 0 Å². The van der Waals surface area contributed by atoms with E-state index in [0.29, 0.717) is 25.1 Å². The van der Waals surface area contributed by atoms with Crippen molar-refractivity contribution >= 4 is 11.6 Å². The van der Waals surface area contributed by atoms with Gasteiger partial charge in [-0.1, -0.05) is 6.07 Å². The molecule has 1 saturated heterocycles. The number of amides is 1. The summed E-state index contributed by atoms with van der Waals surface area (Å²) in [4.78, 5) is 23.4. The van der Waals surface area contributed by atoms with Gasteiger partial charge in [0.25, 0.3) is 0 Å². The van der Waals surface area contributed by atoms with Gasteiger partial charge in [-0.15, -0.1) is 0 Å². The molecular weight excluding hydrogens is 277 g/mol. The van der Waals surface area contributed by atoms with Gasteiger partial charge in [-0.25, -0.2) is 0 Å². The number of hydrogen-bond donors (Lipinski definition) is 1. The van der Waals surface area contributed by atoms with Crippen molar-refractivity contribution in [3.05, 3.63) is 39.7 Å². The highest BCUT2D eigenvalue weighted by Crippen LogP contribution is 2.17. The fourth-order valence-corrected chi connectivity index (χ4v) is 2.36. The molecule has 1 aliphatic rings. The summed E-state index contributed by atoms with van der Waals surface area (Å²) in [5.74, 6) is -0.706. The molecule has 1 aliphatic heterocycles. The van der Waals surface area contributed by atoms with Crippen LogP contribution >= 0.6 is 0 Å². The summed E-state index contributed by atoms with van der Waals surface area (Å²) < 4.78 is 13.4. The van der Waals surface area contributed by atoms with Crippen molar-refractivity contribution in [3.63, 3.8) is 0 Å². The number of nitro benzene ring substituents is 1. The molecule has 1 amide bonds. The Hall–Kier alpha value is -2.02. The quantitative estimate of drug-likeness (QED) is 0.493. The average molecular weight is 295 g/mol. The maximum Gasteiger partial charge on any atom is 0.304 e. The van der Waals surface area contributed by atoms with E-state index in [0.717, 1.165) is 38.1 Å². The molecule has 114 valence electrons. The highest BCUT2D eigenvalue weighted by Gasteiger charge is 2.17. The molecule has 0 saturated carbocycles. The van der Waals surface area contributed by atoms with Crippen LogP contribution in [0.2, 0.25) is 0 Å². The third-order valence-corrected chi connectivity index (χ3v) is 3.51. The first-order valence-corrected chi connectivity index (χ1v) is 6.99. The van der Waals surface area contributed by atoms with Crippen LogP contribution in [0, 0.1) is 15.9 Å². The van der Waals surface area contributed by atoms with Gasteiger partial charge >= 0.3 is 5.69 Å². The molecule has 1 aromatic rings. The molecule has 6 nitrogen and oxygen atoms in total. The van der Waals surface area contributed by atoms with Crippen LogP contribution in [-0.2, 0) is 11.3 Å². The molecule has 7 heteroatoms. The topological polar surface area (TPSA) is 75.5 Å². The second kappa shape index (κ2) is 7.12. The van der Waals surface area contributed by atoms with E-state index in [9.17, 15) is 19.3 Å². The van der Waals surface area contributed by atoms with E-state index in [1.165, 1.54) is 6.07 Å². The number of nitrogens with one attached hydrogen (secondary N) is 1. The molecule has 0 radical (unpaired) electrons. The summed E-state index contributed by atoms with van der Waals surface area (Å²) >= 11 is 0. The Morgan fingerprint density at radius 1 is 1.38 bits per heavy atom. The molecule has 21 heavy (non-hydrogen) atoms. The molecule has 1 heterocycles. The zero-order valence-electron chi connectivity index (χ0n) is 11.7.